The van der Waals surface area contributed by atoms with Crippen molar-refractivity contribution in [2.75, 3.05) is 84.3 Å². The van der Waals surface area contributed by atoms with Gasteiger partial charge in [0.1, 0.15) is 89.0 Å². The van der Waals surface area contributed by atoms with Gasteiger partial charge in [-0.05, 0) is 197 Å². The summed E-state index contributed by atoms with van der Waals surface area (Å²) in [5.41, 5.74) is 14.6. The first-order valence-electron chi connectivity index (χ1n) is 44.4. The van der Waals surface area contributed by atoms with Crippen LogP contribution in [-0.4, -0.2) is 135 Å². The quantitative estimate of drug-likeness (QED) is 0.0325. The molecule has 133 heavy (non-hydrogen) atoms. The minimum Gasteiger partial charge on any atom is -0.496 e. The lowest BCUT2D eigenvalue weighted by Crippen LogP contribution is -2.39. The maximum Gasteiger partial charge on any atom is 0.180 e. The molecule has 8 unspecified atom stereocenters. The molecule has 3 aliphatic rings. The summed E-state index contributed by atoms with van der Waals surface area (Å²) in [5, 5.41) is -0.428. The van der Waals surface area contributed by atoms with Crippen molar-refractivity contribution >= 4 is 16.1 Å². The molecule has 8 atom stereocenters. The number of methoxy groups -OCH3 is 10. The van der Waals surface area contributed by atoms with E-state index in [1.54, 1.807) is 102 Å². The summed E-state index contributed by atoms with van der Waals surface area (Å²) < 4.78 is 130. The van der Waals surface area contributed by atoms with E-state index in [4.69, 9.17) is 85.3 Å². The van der Waals surface area contributed by atoms with Crippen LogP contribution in [0, 0.1) is 0 Å². The van der Waals surface area contributed by atoms with Crippen LogP contribution < -0.4 is 37.9 Å². The number of ether oxygens (including phenoxy) is 18. The molecule has 2 fully saturated rings. The highest BCUT2D eigenvalue weighted by Crippen LogP contribution is 2.44. The average Bonchev–Trinajstić information content (AvgIpc) is 1.77. The second-order valence-corrected chi connectivity index (χ2v) is 35.7. The number of aliphatic imine (C=N–C) groups is 1. The first kappa shape index (κ1) is 124. The number of benzene rings is 8. The van der Waals surface area contributed by atoms with Gasteiger partial charge in [-0.3, -0.25) is 4.99 Å². The van der Waals surface area contributed by atoms with Crippen LogP contribution in [0.2, 0.25) is 0 Å². The number of nitrogens with zero attached hydrogens (tertiary/aromatic N) is 1. The minimum absolute atomic E-state index is 0. The lowest BCUT2D eigenvalue weighted by Gasteiger charge is -2.34. The van der Waals surface area contributed by atoms with Crippen LogP contribution in [0.25, 0.3) is 0 Å². The van der Waals surface area contributed by atoms with E-state index in [0.29, 0.717) is 106 Å². The van der Waals surface area contributed by atoms with E-state index >= 15 is 0 Å². The van der Waals surface area contributed by atoms with Crippen LogP contribution in [0.5, 0.6) is 57.5 Å². The molecule has 11 rings (SSSR count). The van der Waals surface area contributed by atoms with Crippen molar-refractivity contribution in [3.63, 3.8) is 0 Å². The SMILES string of the molecule is C.C.C.C.C.C.C.C.CCC(C)OC1CCCCC1Oc1c(COC)cccc1COC.CCC(C)S(=O)(=O)c1ccc(OCCOc2c(COC)cc(COC)c(OC)c2COC)cc1.CCC(C)c1ccc(OC2CCCCC2Oc2c(COC)cccc2COC)cc1.CCC(C)c1ccc(Oc2ccc(Oc3c(COC)cc(C(C)(C)C)cc3COC)c3c2C=NC3)cc1. The summed E-state index contributed by atoms with van der Waals surface area (Å²) in [5.74, 6) is 8.79. The Hall–Kier alpha value is -8.62. The molecule has 0 bridgehead atoms. The van der Waals surface area contributed by atoms with E-state index in [2.05, 4.69) is 140 Å². The predicted molar refractivity (Wildman–Crippen MR) is 549 cm³/mol. The zero-order valence-corrected chi connectivity index (χ0v) is 79.3. The highest BCUT2D eigenvalue weighted by atomic mass is 32.2. The zero-order valence-electron chi connectivity index (χ0n) is 78.5. The molecule has 2 aliphatic carbocycles. The summed E-state index contributed by atoms with van der Waals surface area (Å²) in [4.78, 5) is 4.83. The van der Waals surface area contributed by atoms with Gasteiger partial charge in [-0.2, -0.15) is 0 Å². The number of hydrogen-bond donors (Lipinski definition) is 0. The topological polar surface area (TPSA) is 213 Å². The highest BCUT2D eigenvalue weighted by molar-refractivity contribution is 7.92. The Balaban J connectivity index is 0.00000173. The summed E-state index contributed by atoms with van der Waals surface area (Å²) in [6.45, 7) is 28.5. The van der Waals surface area contributed by atoms with Crippen molar-refractivity contribution in [3.05, 3.63) is 217 Å². The number of hydrogen-bond acceptors (Lipinski definition) is 21. The van der Waals surface area contributed by atoms with E-state index in [0.717, 1.165) is 153 Å². The van der Waals surface area contributed by atoms with Crippen LogP contribution in [0.3, 0.4) is 0 Å². The highest BCUT2D eigenvalue weighted by Gasteiger charge is 2.34. The van der Waals surface area contributed by atoms with Gasteiger partial charge in [-0.25, -0.2) is 8.42 Å². The van der Waals surface area contributed by atoms with Crippen LogP contribution in [0.1, 0.15) is 302 Å². The van der Waals surface area contributed by atoms with Gasteiger partial charge in [-0.15, -0.1) is 0 Å². The molecule has 2 saturated carbocycles. The summed E-state index contributed by atoms with van der Waals surface area (Å²) in [7, 11) is 13.4. The monoisotopic (exact) mass is 1870 g/mol. The van der Waals surface area contributed by atoms with E-state index in [9.17, 15) is 8.42 Å². The van der Waals surface area contributed by atoms with Crippen LogP contribution in [-0.2, 0) is 129 Å². The lowest BCUT2D eigenvalue weighted by molar-refractivity contribution is -0.0807. The lowest BCUT2D eigenvalue weighted by atomic mass is 9.84. The van der Waals surface area contributed by atoms with E-state index in [-0.39, 0.29) is 109 Å². The van der Waals surface area contributed by atoms with E-state index < -0.39 is 15.1 Å². The third-order valence-electron chi connectivity index (χ3n) is 23.1. The molecule has 0 radical (unpaired) electrons. The largest absolute Gasteiger partial charge is 0.496 e. The normalized spacial score (nSPS) is 15.5. The van der Waals surface area contributed by atoms with E-state index in [1.165, 1.54) is 36.0 Å². The molecule has 8 aromatic rings. The van der Waals surface area contributed by atoms with Crippen molar-refractivity contribution in [3.8, 4) is 57.5 Å². The molecule has 0 N–H and O–H groups in total. The summed E-state index contributed by atoms with van der Waals surface area (Å²) in [6, 6.07) is 45.9. The van der Waals surface area contributed by atoms with Gasteiger partial charge in [0.25, 0.3) is 0 Å². The molecule has 22 heteroatoms. The van der Waals surface area contributed by atoms with Crippen molar-refractivity contribution < 1.29 is 93.7 Å². The molecule has 0 spiro atoms. The van der Waals surface area contributed by atoms with Gasteiger partial charge in [-0.1, -0.05) is 189 Å². The molecule has 750 valence electrons. The fourth-order valence-corrected chi connectivity index (χ4v) is 16.8. The van der Waals surface area contributed by atoms with Crippen LogP contribution in [0.4, 0.5) is 0 Å². The van der Waals surface area contributed by atoms with Gasteiger partial charge >= 0.3 is 0 Å². The Morgan fingerprint density at radius 2 is 0.774 bits per heavy atom. The van der Waals surface area contributed by atoms with Crippen molar-refractivity contribution in [1.29, 1.82) is 0 Å². The number of fused-ring (bicyclic) bond motifs is 1. The Morgan fingerprint density at radius 1 is 0.383 bits per heavy atom. The number of sulfone groups is 1. The average molecular weight is 1880 g/mol. The fraction of sp³-hybridized carbons (Fsp3) is 0.559. The molecule has 0 aromatic heterocycles. The standard InChI is InChI=1S/C32H39NO4.C26H36O4.C25H36O8S.C20H32O4.8CH4/c1-8-21(2)22-9-11-26(12-10-22)36-29-13-14-30(28-18-33-17-27(28)29)37-31-23(19-34-6)15-25(32(3,4)5)16-24(31)20-35-7;1-5-19(2)20-13-15-23(16-14-20)29-24-11-6-7-12-25(24)30-26-21(17-27-3)9-8-10-22(26)18-28-4;1-7-18(2)34(26,27)22-10-8-21(9-11-22)32-12-13-33-25-20(16-29-4)14-19(15-28-3)24(31-6)23(25)17-30-5;1-5-15(2)23-18-11-6-7-12-19(18)24-20-16(13-21-3)9-8-10-17(20)14-22-4;;;;;;;;/h9-17,21H,8,18-20H2,1-7H3;8-10,13-16,19,24-25H,5-7,11-12,17-18H2,1-4H3;8-11,14,18H,7,12-13,15-17H2,1-6H3;8-10,15,18-19H,5-7,11-14H2,1-4H3;8*1H4. The zero-order chi connectivity index (χ0) is 90.4. The molecule has 0 amide bonds. The van der Waals surface area contributed by atoms with Crippen LogP contribution in [0.15, 0.2) is 149 Å². The second kappa shape index (κ2) is 64.4. The first-order valence-corrected chi connectivity index (χ1v) is 45.9. The Bertz CT molecular complexity index is 4590. The third kappa shape index (κ3) is 36.1. The fourth-order valence-electron chi connectivity index (χ4n) is 15.4. The summed E-state index contributed by atoms with van der Waals surface area (Å²) in [6.07, 6.45) is 15.1. The van der Waals surface area contributed by atoms with Crippen molar-refractivity contribution in [1.82, 2.24) is 0 Å². The third-order valence-corrected chi connectivity index (χ3v) is 25.4. The van der Waals surface area contributed by atoms with Gasteiger partial charge in [0.05, 0.1) is 101 Å². The van der Waals surface area contributed by atoms with E-state index in [1.807, 2.05) is 55.6 Å². The van der Waals surface area contributed by atoms with Crippen molar-refractivity contribution in [2.24, 2.45) is 4.99 Å². The number of rotatable bonds is 44. The Kier molecular flexibility index (Phi) is 60.2. The molecule has 1 aliphatic heterocycles. The molecule has 8 aromatic carbocycles. The maximum atomic E-state index is 12.5. The molecular formula is C111H175NO20S. The van der Waals surface area contributed by atoms with Crippen LogP contribution >= 0.6 is 0 Å². The summed E-state index contributed by atoms with van der Waals surface area (Å²) >= 11 is 0. The smallest absolute Gasteiger partial charge is 0.180 e. The first-order chi connectivity index (χ1) is 60.4. The van der Waals surface area contributed by atoms with Gasteiger partial charge < -0.3 is 85.3 Å². The molecule has 21 nitrogen and oxygen atoms in total. The predicted octanol–water partition coefficient (Wildman–Crippen LogP) is 28.3. The Morgan fingerprint density at radius 3 is 1.20 bits per heavy atom. The molecular weight excluding hydrogens is 1700 g/mol. The van der Waals surface area contributed by atoms with Crippen molar-refractivity contribution in [2.45, 2.75) is 337 Å². The maximum absolute atomic E-state index is 12.5. The van der Waals surface area contributed by atoms with Gasteiger partial charge in [0, 0.05) is 126 Å². The Labute approximate surface area is 805 Å². The number of para-hydroxylation sites is 2. The van der Waals surface area contributed by atoms with Gasteiger partial charge in [0.15, 0.2) is 9.84 Å². The molecule has 0 saturated heterocycles. The van der Waals surface area contributed by atoms with Gasteiger partial charge in [0.2, 0.25) is 0 Å². The molecule has 1 heterocycles. The second-order valence-electron chi connectivity index (χ2n) is 33.4. The minimum atomic E-state index is -3.33.